The van der Waals surface area contributed by atoms with Gasteiger partial charge in [-0.3, -0.25) is 10.1 Å². The predicted molar refractivity (Wildman–Crippen MR) is 112 cm³/mol. The molecule has 0 unspecified atom stereocenters. The molecule has 0 bridgehead atoms. The summed E-state index contributed by atoms with van der Waals surface area (Å²) >= 11 is 1.15. The first-order valence-corrected chi connectivity index (χ1v) is 9.93. The lowest BCUT2D eigenvalue weighted by Crippen LogP contribution is -2.14. The molecule has 0 aliphatic carbocycles. The Kier molecular flexibility index (Phi) is 5.89. The Hall–Kier alpha value is -3.79. The summed E-state index contributed by atoms with van der Waals surface area (Å²) in [6.45, 7) is -2.95. The molecular formula is C21H16F2N4O3S. The van der Waals surface area contributed by atoms with E-state index in [0.29, 0.717) is 17.0 Å². The summed E-state index contributed by atoms with van der Waals surface area (Å²) in [5.74, 6) is -0.206. The Morgan fingerprint density at radius 2 is 1.84 bits per heavy atom. The molecule has 7 nitrogen and oxygen atoms in total. The lowest BCUT2D eigenvalue weighted by atomic mass is 10.1. The number of thiazole rings is 1. The van der Waals surface area contributed by atoms with E-state index in [9.17, 15) is 13.6 Å². The molecule has 2 aromatic carbocycles. The number of alkyl halides is 2. The van der Waals surface area contributed by atoms with Crippen molar-refractivity contribution >= 4 is 22.4 Å². The molecule has 2 aromatic heterocycles. The van der Waals surface area contributed by atoms with Crippen LogP contribution in [0.2, 0.25) is 0 Å². The summed E-state index contributed by atoms with van der Waals surface area (Å²) in [4.78, 5) is 17.1. The Bertz CT molecular complexity index is 1190. The summed E-state index contributed by atoms with van der Waals surface area (Å²) in [6, 6.07) is 15.6. The molecule has 0 spiro atoms. The number of hydrogen-bond acceptors (Lipinski definition) is 6. The van der Waals surface area contributed by atoms with Crippen LogP contribution in [0.3, 0.4) is 0 Å². The van der Waals surface area contributed by atoms with Crippen LogP contribution in [0, 0.1) is 0 Å². The van der Waals surface area contributed by atoms with Crippen LogP contribution < -0.4 is 14.8 Å². The number of aromatic nitrogens is 3. The molecule has 0 radical (unpaired) electrons. The minimum Gasteiger partial charge on any atom is -0.493 e. The topological polar surface area (TPSA) is 78.3 Å². The monoisotopic (exact) mass is 442 g/mol. The number of nitrogens with one attached hydrogen (secondary N) is 1. The minimum atomic E-state index is -2.95. The maximum atomic E-state index is 12.8. The van der Waals surface area contributed by atoms with Crippen molar-refractivity contribution in [2.24, 2.45) is 0 Å². The molecule has 4 rings (SSSR count). The average Bonchev–Trinajstić information content (AvgIpc) is 3.41. The van der Waals surface area contributed by atoms with Gasteiger partial charge in [0.05, 0.1) is 24.7 Å². The molecule has 0 fully saturated rings. The third kappa shape index (κ3) is 4.53. The molecule has 2 heterocycles. The summed E-state index contributed by atoms with van der Waals surface area (Å²) in [7, 11) is 1.45. The number of rotatable bonds is 7. The number of methoxy groups -OCH3 is 1. The number of carbonyl (C=O) groups is 1. The van der Waals surface area contributed by atoms with Gasteiger partial charge in [0.1, 0.15) is 5.75 Å². The second-order valence-electron chi connectivity index (χ2n) is 6.19. The van der Waals surface area contributed by atoms with E-state index in [1.807, 2.05) is 30.3 Å². The minimum absolute atomic E-state index is 0.00366. The van der Waals surface area contributed by atoms with E-state index in [0.717, 1.165) is 17.0 Å². The van der Waals surface area contributed by atoms with Crippen molar-refractivity contribution < 1.29 is 23.0 Å². The first-order valence-electron chi connectivity index (χ1n) is 9.05. The second kappa shape index (κ2) is 8.92. The molecular weight excluding hydrogens is 426 g/mol. The lowest BCUT2D eigenvalue weighted by Gasteiger charge is -2.08. The van der Waals surface area contributed by atoms with E-state index in [-0.39, 0.29) is 16.6 Å². The molecule has 0 atom stereocenters. The van der Waals surface area contributed by atoms with Crippen LogP contribution in [-0.2, 0) is 0 Å². The number of para-hydroxylation sites is 2. The van der Waals surface area contributed by atoms with Crippen LogP contribution in [-0.4, -0.2) is 34.4 Å². The van der Waals surface area contributed by atoms with Gasteiger partial charge in [0.2, 0.25) is 0 Å². The SMILES string of the molecule is COc1cn(-c2ccccc2)nc1C(=O)Nc1nc(-c2ccccc2OC(F)F)cs1. The zero-order valence-corrected chi connectivity index (χ0v) is 17.0. The van der Waals surface area contributed by atoms with Crippen molar-refractivity contribution in [2.45, 2.75) is 6.61 Å². The third-order valence-corrected chi connectivity index (χ3v) is 5.00. The van der Waals surface area contributed by atoms with Gasteiger partial charge >= 0.3 is 6.61 Å². The largest absolute Gasteiger partial charge is 0.493 e. The molecule has 1 amide bonds. The first-order chi connectivity index (χ1) is 15.0. The molecule has 4 aromatic rings. The lowest BCUT2D eigenvalue weighted by molar-refractivity contribution is -0.0494. The van der Waals surface area contributed by atoms with Crippen LogP contribution >= 0.6 is 11.3 Å². The van der Waals surface area contributed by atoms with Crippen molar-refractivity contribution in [2.75, 3.05) is 12.4 Å². The van der Waals surface area contributed by atoms with Crippen LogP contribution in [0.5, 0.6) is 11.5 Å². The summed E-state index contributed by atoms with van der Waals surface area (Å²) in [5, 5.41) is 8.91. The van der Waals surface area contributed by atoms with Gasteiger partial charge < -0.3 is 9.47 Å². The van der Waals surface area contributed by atoms with Gasteiger partial charge in [-0.2, -0.15) is 13.9 Å². The highest BCUT2D eigenvalue weighted by atomic mass is 32.1. The smallest absolute Gasteiger partial charge is 0.387 e. The number of benzene rings is 2. The Morgan fingerprint density at radius 1 is 1.10 bits per heavy atom. The summed E-state index contributed by atoms with van der Waals surface area (Å²) in [6.07, 6.45) is 1.61. The Morgan fingerprint density at radius 3 is 2.58 bits per heavy atom. The third-order valence-electron chi connectivity index (χ3n) is 4.24. The van der Waals surface area contributed by atoms with Crippen molar-refractivity contribution in [3.8, 4) is 28.4 Å². The van der Waals surface area contributed by atoms with Crippen molar-refractivity contribution in [3.63, 3.8) is 0 Å². The maximum absolute atomic E-state index is 12.8. The van der Waals surface area contributed by atoms with Gasteiger partial charge in [0.15, 0.2) is 16.6 Å². The molecule has 0 aliphatic rings. The fraction of sp³-hybridized carbons (Fsp3) is 0.0952. The molecule has 0 saturated heterocycles. The number of halogens is 2. The molecule has 0 aliphatic heterocycles. The van der Waals surface area contributed by atoms with E-state index in [2.05, 4.69) is 20.1 Å². The predicted octanol–water partition coefficient (Wildman–Crippen LogP) is 4.86. The van der Waals surface area contributed by atoms with Crippen LogP contribution in [0.15, 0.2) is 66.2 Å². The summed E-state index contributed by atoms with van der Waals surface area (Å²) < 4.78 is 36.7. The molecule has 31 heavy (non-hydrogen) atoms. The highest BCUT2D eigenvalue weighted by Gasteiger charge is 2.20. The zero-order valence-electron chi connectivity index (χ0n) is 16.2. The Balaban J connectivity index is 1.56. The van der Waals surface area contributed by atoms with Crippen molar-refractivity contribution in [1.29, 1.82) is 0 Å². The highest BCUT2D eigenvalue weighted by molar-refractivity contribution is 7.14. The number of carbonyl (C=O) groups excluding carboxylic acids is 1. The first kappa shape index (κ1) is 20.5. The quantitative estimate of drug-likeness (QED) is 0.442. The highest BCUT2D eigenvalue weighted by Crippen LogP contribution is 2.33. The second-order valence-corrected chi connectivity index (χ2v) is 7.05. The van der Waals surface area contributed by atoms with Crippen LogP contribution in [0.25, 0.3) is 16.9 Å². The molecule has 1 N–H and O–H groups in total. The van der Waals surface area contributed by atoms with Gasteiger partial charge in [-0.1, -0.05) is 30.3 Å². The Labute approximate surface area is 179 Å². The summed E-state index contributed by atoms with van der Waals surface area (Å²) in [5.41, 5.74) is 1.65. The molecule has 158 valence electrons. The van der Waals surface area contributed by atoms with E-state index >= 15 is 0 Å². The van der Waals surface area contributed by atoms with Gasteiger partial charge in [0, 0.05) is 10.9 Å². The zero-order chi connectivity index (χ0) is 21.8. The number of anilines is 1. The van der Waals surface area contributed by atoms with E-state index in [4.69, 9.17) is 4.74 Å². The van der Waals surface area contributed by atoms with Crippen LogP contribution in [0.1, 0.15) is 10.5 Å². The number of ether oxygens (including phenoxy) is 2. The number of amides is 1. The van der Waals surface area contributed by atoms with E-state index < -0.39 is 12.5 Å². The fourth-order valence-electron chi connectivity index (χ4n) is 2.87. The number of nitrogens with zero attached hydrogens (tertiary/aromatic N) is 3. The normalized spacial score (nSPS) is 10.8. The van der Waals surface area contributed by atoms with Crippen molar-refractivity contribution in [3.05, 3.63) is 71.9 Å². The molecule has 0 saturated carbocycles. The maximum Gasteiger partial charge on any atom is 0.387 e. The molecule has 10 heteroatoms. The van der Waals surface area contributed by atoms with Gasteiger partial charge in [-0.25, -0.2) is 9.67 Å². The van der Waals surface area contributed by atoms with Gasteiger partial charge in [-0.15, -0.1) is 11.3 Å². The van der Waals surface area contributed by atoms with E-state index in [1.54, 1.807) is 34.5 Å². The standard InChI is InChI=1S/C21H16F2N4O3S/c1-29-17-11-27(13-7-3-2-4-8-13)26-18(17)19(28)25-21-24-15(12-31-21)14-9-5-6-10-16(14)30-20(22)23/h2-12,20H,1H3,(H,24,25,28). The van der Waals surface area contributed by atoms with Crippen molar-refractivity contribution in [1.82, 2.24) is 14.8 Å². The van der Waals surface area contributed by atoms with Gasteiger partial charge in [0.25, 0.3) is 5.91 Å². The number of hydrogen-bond donors (Lipinski definition) is 1. The average molecular weight is 442 g/mol. The van der Waals surface area contributed by atoms with E-state index in [1.165, 1.54) is 13.2 Å². The van der Waals surface area contributed by atoms with Crippen LogP contribution in [0.4, 0.5) is 13.9 Å². The van der Waals surface area contributed by atoms with Gasteiger partial charge in [-0.05, 0) is 24.3 Å². The fourth-order valence-corrected chi connectivity index (χ4v) is 3.57.